The monoisotopic (exact) mass is 657 g/mol. The summed E-state index contributed by atoms with van der Waals surface area (Å²) in [5.74, 6) is -1.95. The van der Waals surface area contributed by atoms with E-state index in [0.717, 1.165) is 30.0 Å². The number of hydrogen-bond donors (Lipinski definition) is 0. The van der Waals surface area contributed by atoms with Crippen molar-refractivity contribution >= 4 is 28.2 Å². The first kappa shape index (κ1) is 33.6. The lowest BCUT2D eigenvalue weighted by molar-refractivity contribution is -0.128. The van der Waals surface area contributed by atoms with Gasteiger partial charge in [0.1, 0.15) is 18.5 Å². The van der Waals surface area contributed by atoms with Crippen LogP contribution in [0.3, 0.4) is 0 Å². The fourth-order valence-electron chi connectivity index (χ4n) is 7.51. The van der Waals surface area contributed by atoms with Crippen LogP contribution in [0.25, 0.3) is 15.6 Å². The Morgan fingerprint density at radius 3 is 2.65 bits per heavy atom. The van der Waals surface area contributed by atoms with Crippen molar-refractivity contribution in [1.29, 1.82) is 0 Å². The minimum atomic E-state index is -2.57. The van der Waals surface area contributed by atoms with Crippen LogP contribution in [0.5, 0.6) is 6.01 Å². The second-order valence-corrected chi connectivity index (χ2v) is 13.5. The molecular formula is C37H45F2N7O2. The van der Waals surface area contributed by atoms with Crippen LogP contribution in [0.2, 0.25) is 0 Å². The number of aromatic nitrogens is 2. The smallest absolute Gasteiger partial charge is 0.318 e. The number of halogens is 2. The molecule has 9 nitrogen and oxygen atoms in total. The van der Waals surface area contributed by atoms with E-state index in [1.165, 1.54) is 28.1 Å². The molecule has 1 aliphatic carbocycles. The third-order valence-electron chi connectivity index (χ3n) is 10.4. The van der Waals surface area contributed by atoms with Crippen molar-refractivity contribution in [1.82, 2.24) is 19.8 Å². The van der Waals surface area contributed by atoms with Crippen molar-refractivity contribution in [3.63, 3.8) is 0 Å². The highest BCUT2D eigenvalue weighted by Gasteiger charge is 2.38. The summed E-state index contributed by atoms with van der Waals surface area (Å²) in [6, 6.07) is 12.8. The van der Waals surface area contributed by atoms with Gasteiger partial charge in [-0.3, -0.25) is 9.69 Å². The Labute approximate surface area is 282 Å². The maximum Gasteiger partial charge on any atom is 0.318 e. The van der Waals surface area contributed by atoms with Crippen molar-refractivity contribution in [2.45, 2.75) is 76.5 Å². The van der Waals surface area contributed by atoms with Gasteiger partial charge >= 0.3 is 6.01 Å². The van der Waals surface area contributed by atoms with Crippen molar-refractivity contribution in [2.24, 2.45) is 0 Å². The Bertz CT molecular complexity index is 1690. The number of carbonyl (C=O) groups excluding carboxylic acids is 1. The molecule has 0 radical (unpaired) electrons. The number of anilines is 2. The van der Waals surface area contributed by atoms with Crippen molar-refractivity contribution in [3.05, 3.63) is 77.3 Å². The van der Waals surface area contributed by atoms with E-state index in [-0.39, 0.29) is 49.4 Å². The number of rotatable bonds is 9. The summed E-state index contributed by atoms with van der Waals surface area (Å²) >= 11 is 0. The van der Waals surface area contributed by atoms with Crippen LogP contribution in [0.1, 0.15) is 49.4 Å². The van der Waals surface area contributed by atoms with Gasteiger partial charge in [-0.15, -0.1) is 0 Å². The lowest BCUT2D eigenvalue weighted by Crippen LogP contribution is -2.56. The highest BCUT2D eigenvalue weighted by molar-refractivity contribution is 5.97. The fraction of sp³-hybridized carbons (Fsp3) is 0.514. The van der Waals surface area contributed by atoms with Crippen molar-refractivity contribution in [2.75, 3.05) is 56.2 Å². The van der Waals surface area contributed by atoms with Gasteiger partial charge in [0, 0.05) is 67.7 Å². The molecule has 0 N–H and O–H groups in total. The second-order valence-electron chi connectivity index (χ2n) is 13.5. The van der Waals surface area contributed by atoms with Gasteiger partial charge in [0.2, 0.25) is 18.4 Å². The minimum absolute atomic E-state index is 0.0310. The second kappa shape index (κ2) is 14.0. The highest BCUT2D eigenvalue weighted by atomic mass is 19.3. The number of carbonyl (C=O) groups is 1. The molecule has 11 heteroatoms. The topological polar surface area (TPSA) is 69.4 Å². The number of fused-ring (bicyclic) bond motifs is 2. The normalized spacial score (nSPS) is 20.4. The van der Waals surface area contributed by atoms with E-state index in [9.17, 15) is 13.6 Å². The van der Waals surface area contributed by atoms with Crippen LogP contribution < -0.4 is 14.5 Å². The summed E-state index contributed by atoms with van der Waals surface area (Å²) in [6.45, 7) is 18.8. The molecule has 48 heavy (non-hydrogen) atoms. The third-order valence-corrected chi connectivity index (χ3v) is 10.4. The summed E-state index contributed by atoms with van der Waals surface area (Å²) < 4.78 is 33.9. The minimum Gasteiger partial charge on any atom is -0.462 e. The maximum absolute atomic E-state index is 13.8. The van der Waals surface area contributed by atoms with Crippen LogP contribution in [0, 0.1) is 13.5 Å². The van der Waals surface area contributed by atoms with Crippen LogP contribution >= 0.6 is 0 Å². The van der Waals surface area contributed by atoms with E-state index in [4.69, 9.17) is 21.3 Å². The van der Waals surface area contributed by atoms with Gasteiger partial charge in [-0.2, -0.15) is 9.97 Å². The number of aryl methyl sites for hydroxylation is 1. The third kappa shape index (κ3) is 6.95. The van der Waals surface area contributed by atoms with Gasteiger partial charge in [0.05, 0.1) is 12.2 Å². The molecular weight excluding hydrogens is 612 g/mol. The predicted molar refractivity (Wildman–Crippen MR) is 185 cm³/mol. The number of amides is 1. The zero-order chi connectivity index (χ0) is 34.0. The largest absolute Gasteiger partial charge is 0.462 e. The molecule has 0 unspecified atom stereocenters. The number of benzene rings is 2. The SMILES string of the molecule is [C-]#[N+]C[C@H]1CN(c2nc(OC[C@H](C)N(C)C3CCC(F)(F)CC3)nc3c2CCN(c2cccc4cccc(C)c24)C3)CCN1C(=O)C=C. The van der Waals surface area contributed by atoms with E-state index >= 15 is 0 Å². The molecule has 3 heterocycles. The Hall–Kier alpha value is -4.30. The average molecular weight is 658 g/mol. The molecule has 2 aromatic carbocycles. The number of likely N-dealkylation sites (N-methyl/N-ethyl adjacent to an activating group) is 1. The summed E-state index contributed by atoms with van der Waals surface area (Å²) in [4.78, 5) is 34.6. The van der Waals surface area contributed by atoms with E-state index < -0.39 is 5.92 Å². The number of ether oxygens (including phenoxy) is 1. The predicted octanol–water partition coefficient (Wildman–Crippen LogP) is 5.90. The number of hydrogen-bond acceptors (Lipinski definition) is 7. The van der Waals surface area contributed by atoms with Crippen LogP contribution in [-0.2, 0) is 17.8 Å². The lowest BCUT2D eigenvalue weighted by Gasteiger charge is -2.41. The van der Waals surface area contributed by atoms with E-state index in [0.29, 0.717) is 45.6 Å². The van der Waals surface area contributed by atoms with Crippen LogP contribution in [-0.4, -0.2) is 96.1 Å². The first-order valence-electron chi connectivity index (χ1n) is 17.0. The molecule has 2 atom stereocenters. The molecule has 3 aliphatic rings. The Kier molecular flexibility index (Phi) is 9.83. The van der Waals surface area contributed by atoms with Crippen molar-refractivity contribution < 1.29 is 18.3 Å². The molecule has 254 valence electrons. The Morgan fingerprint density at radius 1 is 1.17 bits per heavy atom. The van der Waals surface area contributed by atoms with Crippen LogP contribution in [0.15, 0.2) is 49.1 Å². The van der Waals surface area contributed by atoms with E-state index in [1.807, 2.05) is 14.0 Å². The van der Waals surface area contributed by atoms with Crippen LogP contribution in [0.4, 0.5) is 20.3 Å². The molecule has 1 amide bonds. The number of alkyl halides is 2. The van der Waals surface area contributed by atoms with E-state index in [1.54, 1.807) is 4.90 Å². The molecule has 2 aliphatic heterocycles. The van der Waals surface area contributed by atoms with Gasteiger partial charge < -0.3 is 24.3 Å². The van der Waals surface area contributed by atoms with E-state index in [2.05, 4.69) is 69.4 Å². The van der Waals surface area contributed by atoms with Gasteiger partial charge in [-0.05, 0) is 63.2 Å². The van der Waals surface area contributed by atoms with Gasteiger partial charge in [0.15, 0.2) is 0 Å². The summed E-state index contributed by atoms with van der Waals surface area (Å²) in [7, 11) is 1.98. The molecule has 1 aromatic heterocycles. The maximum atomic E-state index is 13.8. The number of nitrogens with zero attached hydrogens (tertiary/aromatic N) is 7. The van der Waals surface area contributed by atoms with Crippen molar-refractivity contribution in [3.8, 4) is 6.01 Å². The zero-order valence-electron chi connectivity index (χ0n) is 28.2. The fourth-order valence-corrected chi connectivity index (χ4v) is 7.51. The summed E-state index contributed by atoms with van der Waals surface area (Å²) in [5, 5.41) is 2.43. The quantitative estimate of drug-likeness (QED) is 0.210. The molecule has 0 bridgehead atoms. The summed E-state index contributed by atoms with van der Waals surface area (Å²) in [5.41, 5.74) is 4.35. The number of piperazine rings is 1. The first-order valence-corrected chi connectivity index (χ1v) is 17.0. The average Bonchev–Trinajstić information content (AvgIpc) is 3.09. The molecule has 6 rings (SSSR count). The molecule has 3 aromatic rings. The molecule has 1 saturated carbocycles. The van der Waals surface area contributed by atoms with Gasteiger partial charge in [-0.25, -0.2) is 15.4 Å². The zero-order valence-corrected chi connectivity index (χ0v) is 28.2. The highest BCUT2D eigenvalue weighted by Crippen LogP contribution is 2.37. The molecule has 1 saturated heterocycles. The van der Waals surface area contributed by atoms with Gasteiger partial charge in [0.25, 0.3) is 0 Å². The molecule has 2 fully saturated rings. The standard InChI is InChI=1S/C37H45F2N7O2/c1-6-33(47)46-20-19-45(22-29(46)21-40-4)35-30-15-18-44(32-12-8-11-27-10-7-9-25(2)34(27)32)23-31(30)41-36(42-35)48-24-26(3)43(5)28-13-16-37(38,39)17-14-28/h6-12,26,28-29H,1,13-24H2,2-3,5H3/t26-,29-/m0/s1. The summed E-state index contributed by atoms with van der Waals surface area (Å²) in [6.07, 6.45) is 2.80. The Balaban J connectivity index is 1.29. The Morgan fingerprint density at radius 2 is 1.92 bits per heavy atom. The lowest BCUT2D eigenvalue weighted by atomic mass is 9.91. The first-order chi connectivity index (χ1) is 23.1. The molecule has 0 spiro atoms. The van der Waals surface area contributed by atoms with Gasteiger partial charge in [-0.1, -0.05) is 36.9 Å².